The molecule has 0 unspecified atom stereocenters. The minimum Gasteiger partial charge on any atom is -0.402 e. The van der Waals surface area contributed by atoms with Gasteiger partial charge in [0.05, 0.1) is 5.56 Å². The number of esters is 1. The van der Waals surface area contributed by atoms with E-state index in [1.807, 2.05) is 67.5 Å². The monoisotopic (exact) mass is 418 g/mol. The molecule has 116 valence electrons. The summed E-state index contributed by atoms with van der Waals surface area (Å²) in [5.74, 6) is -0.0625. The van der Waals surface area contributed by atoms with E-state index in [-0.39, 0.29) is 0 Å². The van der Waals surface area contributed by atoms with Crippen LogP contribution in [-0.4, -0.2) is 26.0 Å². The lowest BCUT2D eigenvalue weighted by molar-refractivity contribution is -0.129. The first-order valence-electron chi connectivity index (χ1n) is 7.09. The number of hydrogen-bond acceptors (Lipinski definition) is 4. The zero-order valence-electron chi connectivity index (χ0n) is 12.8. The van der Waals surface area contributed by atoms with Crippen LogP contribution >= 0.6 is 22.6 Å². The fraction of sp³-hybridized carbons (Fsp3) is 0.111. The van der Waals surface area contributed by atoms with Crippen molar-refractivity contribution in [3.8, 4) is 0 Å². The number of halogens is 1. The van der Waals surface area contributed by atoms with Gasteiger partial charge < -0.3 is 9.64 Å². The predicted octanol–water partition coefficient (Wildman–Crippen LogP) is 3.70. The number of ether oxygens (including phenoxy) is 1. The Kier molecular flexibility index (Phi) is 4.47. The SMILES string of the molecule is CN(C)c1ccc(C=C2N=C(c3ccccc3I)OC2=O)cc1. The summed E-state index contributed by atoms with van der Waals surface area (Å²) < 4.78 is 6.30. The first-order chi connectivity index (χ1) is 11.0. The summed E-state index contributed by atoms with van der Waals surface area (Å²) in [6.45, 7) is 0. The van der Waals surface area contributed by atoms with Crippen molar-refractivity contribution in [1.29, 1.82) is 0 Å². The van der Waals surface area contributed by atoms with E-state index in [2.05, 4.69) is 27.6 Å². The van der Waals surface area contributed by atoms with E-state index in [4.69, 9.17) is 4.74 Å². The van der Waals surface area contributed by atoms with Gasteiger partial charge >= 0.3 is 5.97 Å². The van der Waals surface area contributed by atoms with E-state index in [0.717, 1.165) is 20.4 Å². The summed E-state index contributed by atoms with van der Waals surface area (Å²) >= 11 is 2.20. The fourth-order valence-electron chi connectivity index (χ4n) is 2.19. The van der Waals surface area contributed by atoms with Crippen molar-refractivity contribution in [1.82, 2.24) is 0 Å². The molecule has 5 heteroatoms. The molecule has 1 aliphatic heterocycles. The maximum atomic E-state index is 12.0. The van der Waals surface area contributed by atoms with Gasteiger partial charge in [-0.2, -0.15) is 0 Å². The second kappa shape index (κ2) is 6.54. The third-order valence-corrected chi connectivity index (χ3v) is 4.38. The lowest BCUT2D eigenvalue weighted by atomic mass is 10.1. The molecule has 0 bridgehead atoms. The number of nitrogens with zero attached hydrogens (tertiary/aromatic N) is 2. The highest BCUT2D eigenvalue weighted by Gasteiger charge is 2.25. The van der Waals surface area contributed by atoms with Crippen molar-refractivity contribution in [3.63, 3.8) is 0 Å². The lowest BCUT2D eigenvalue weighted by Crippen LogP contribution is -2.08. The predicted molar refractivity (Wildman–Crippen MR) is 101 cm³/mol. The lowest BCUT2D eigenvalue weighted by Gasteiger charge is -2.11. The van der Waals surface area contributed by atoms with E-state index in [0.29, 0.717) is 11.6 Å². The zero-order valence-corrected chi connectivity index (χ0v) is 14.9. The van der Waals surface area contributed by atoms with Crippen LogP contribution in [0.15, 0.2) is 59.2 Å². The first kappa shape index (κ1) is 15.7. The van der Waals surface area contributed by atoms with Gasteiger partial charge in [0.25, 0.3) is 0 Å². The third kappa shape index (κ3) is 3.44. The van der Waals surface area contributed by atoms with Crippen molar-refractivity contribution < 1.29 is 9.53 Å². The van der Waals surface area contributed by atoms with Gasteiger partial charge in [-0.25, -0.2) is 9.79 Å². The van der Waals surface area contributed by atoms with E-state index >= 15 is 0 Å². The standard InChI is InChI=1S/C18H15IN2O2/c1-21(2)13-9-7-12(8-10-13)11-16-18(22)23-17(20-16)14-5-3-4-6-15(14)19/h3-11H,1-2H3. The zero-order chi connectivity index (χ0) is 16.4. The molecule has 0 fully saturated rings. The summed E-state index contributed by atoms with van der Waals surface area (Å²) in [5.41, 5.74) is 3.16. The van der Waals surface area contributed by atoms with Gasteiger partial charge in [0.1, 0.15) is 0 Å². The largest absolute Gasteiger partial charge is 0.402 e. The molecule has 4 nitrogen and oxygen atoms in total. The summed E-state index contributed by atoms with van der Waals surface area (Å²) in [6.07, 6.45) is 1.74. The fourth-order valence-corrected chi connectivity index (χ4v) is 2.80. The van der Waals surface area contributed by atoms with Crippen LogP contribution in [-0.2, 0) is 9.53 Å². The van der Waals surface area contributed by atoms with Gasteiger partial charge in [0.15, 0.2) is 5.70 Å². The minimum absolute atomic E-state index is 0.317. The summed E-state index contributed by atoms with van der Waals surface area (Å²) in [7, 11) is 3.97. The topological polar surface area (TPSA) is 41.9 Å². The summed E-state index contributed by atoms with van der Waals surface area (Å²) in [4.78, 5) is 18.4. The van der Waals surface area contributed by atoms with E-state index in [9.17, 15) is 4.79 Å². The number of anilines is 1. The number of hydrogen-bond donors (Lipinski definition) is 0. The number of carbonyl (C=O) groups excluding carboxylic acids is 1. The van der Waals surface area contributed by atoms with Gasteiger partial charge in [-0.15, -0.1) is 0 Å². The van der Waals surface area contributed by atoms with Crippen LogP contribution in [0.4, 0.5) is 5.69 Å². The summed E-state index contributed by atoms with van der Waals surface area (Å²) in [5, 5.41) is 0. The Labute approximate surface area is 148 Å². The maximum absolute atomic E-state index is 12.0. The molecular weight excluding hydrogens is 403 g/mol. The average molecular weight is 418 g/mol. The van der Waals surface area contributed by atoms with E-state index in [1.165, 1.54) is 0 Å². The number of benzene rings is 2. The molecule has 1 heterocycles. The van der Waals surface area contributed by atoms with Crippen LogP contribution in [0.1, 0.15) is 11.1 Å². The Morgan fingerprint density at radius 1 is 1.09 bits per heavy atom. The van der Waals surface area contributed by atoms with Crippen molar-refractivity contribution in [3.05, 3.63) is 68.9 Å². The number of aliphatic imine (C=N–C) groups is 1. The molecule has 2 aromatic rings. The molecule has 0 aromatic heterocycles. The molecule has 0 saturated heterocycles. The average Bonchev–Trinajstić information content (AvgIpc) is 2.89. The molecule has 2 aromatic carbocycles. The summed E-state index contributed by atoms with van der Waals surface area (Å²) in [6, 6.07) is 15.6. The van der Waals surface area contributed by atoms with Gasteiger partial charge in [0.2, 0.25) is 5.90 Å². The normalized spacial score (nSPS) is 15.5. The maximum Gasteiger partial charge on any atom is 0.363 e. The number of carbonyl (C=O) groups is 1. The second-order valence-electron chi connectivity index (χ2n) is 5.30. The highest BCUT2D eigenvalue weighted by Crippen LogP contribution is 2.22. The minimum atomic E-state index is -0.420. The number of cyclic esters (lactones) is 1. The Bertz CT molecular complexity index is 808. The molecular formula is C18H15IN2O2. The third-order valence-electron chi connectivity index (χ3n) is 3.44. The van der Waals surface area contributed by atoms with Crippen molar-refractivity contribution in [2.75, 3.05) is 19.0 Å². The van der Waals surface area contributed by atoms with Gasteiger partial charge in [-0.3, -0.25) is 0 Å². The first-order valence-corrected chi connectivity index (χ1v) is 8.17. The van der Waals surface area contributed by atoms with Crippen LogP contribution in [0.3, 0.4) is 0 Å². The van der Waals surface area contributed by atoms with Gasteiger partial charge in [-0.05, 0) is 58.5 Å². The molecule has 23 heavy (non-hydrogen) atoms. The second-order valence-corrected chi connectivity index (χ2v) is 6.46. The molecule has 0 atom stereocenters. The quantitative estimate of drug-likeness (QED) is 0.434. The Hall–Kier alpha value is -2.15. The Morgan fingerprint density at radius 3 is 2.43 bits per heavy atom. The molecule has 0 N–H and O–H groups in total. The number of rotatable bonds is 3. The van der Waals surface area contributed by atoms with Crippen LogP contribution < -0.4 is 4.90 Å². The van der Waals surface area contributed by atoms with E-state index in [1.54, 1.807) is 6.08 Å². The molecule has 0 amide bonds. The molecule has 0 saturated carbocycles. The van der Waals surface area contributed by atoms with E-state index < -0.39 is 5.97 Å². The van der Waals surface area contributed by atoms with Crippen molar-refractivity contribution in [2.24, 2.45) is 4.99 Å². The van der Waals surface area contributed by atoms with Crippen molar-refractivity contribution in [2.45, 2.75) is 0 Å². The van der Waals surface area contributed by atoms with Crippen LogP contribution in [0.5, 0.6) is 0 Å². The highest BCUT2D eigenvalue weighted by atomic mass is 127. The Balaban J connectivity index is 1.90. The Morgan fingerprint density at radius 2 is 1.78 bits per heavy atom. The van der Waals surface area contributed by atoms with Gasteiger partial charge in [-0.1, -0.05) is 24.3 Å². The molecule has 3 rings (SSSR count). The van der Waals surface area contributed by atoms with Crippen LogP contribution in [0.2, 0.25) is 0 Å². The molecule has 0 radical (unpaired) electrons. The highest BCUT2D eigenvalue weighted by molar-refractivity contribution is 14.1. The van der Waals surface area contributed by atoms with Crippen LogP contribution in [0, 0.1) is 3.57 Å². The molecule has 1 aliphatic rings. The smallest absolute Gasteiger partial charge is 0.363 e. The van der Waals surface area contributed by atoms with Crippen LogP contribution in [0.25, 0.3) is 6.08 Å². The van der Waals surface area contributed by atoms with Gasteiger partial charge in [0, 0.05) is 23.4 Å². The molecule has 0 spiro atoms. The molecule has 0 aliphatic carbocycles. The van der Waals surface area contributed by atoms with Crippen molar-refractivity contribution >= 4 is 46.2 Å².